The summed E-state index contributed by atoms with van der Waals surface area (Å²) in [6, 6.07) is 0. The van der Waals surface area contributed by atoms with E-state index >= 15 is 0 Å². The van der Waals surface area contributed by atoms with E-state index in [1.807, 2.05) is 13.8 Å². The molecule has 0 fully saturated rings. The summed E-state index contributed by atoms with van der Waals surface area (Å²) in [7, 11) is -3.29. The maximum absolute atomic E-state index is 11.3. The lowest BCUT2D eigenvalue weighted by molar-refractivity contribution is 0.615. The van der Waals surface area contributed by atoms with E-state index < -0.39 is 9.84 Å². The fourth-order valence-corrected chi connectivity index (χ4v) is 2.95. The van der Waals surface area contributed by atoms with Gasteiger partial charge in [0.1, 0.15) is 10.9 Å². The summed E-state index contributed by atoms with van der Waals surface area (Å²) < 4.78 is 22.6. The van der Waals surface area contributed by atoms with Gasteiger partial charge in [-0.3, -0.25) is 0 Å². The van der Waals surface area contributed by atoms with Crippen LogP contribution in [0.3, 0.4) is 0 Å². The molecule has 0 radical (unpaired) electrons. The lowest BCUT2D eigenvalue weighted by Gasteiger charge is -2.03. The Morgan fingerprint density at radius 1 is 1.62 bits per heavy atom. The summed E-state index contributed by atoms with van der Waals surface area (Å²) in [6.45, 7) is 4.01. The molecule has 0 atom stereocenters. The fraction of sp³-hybridized carbons (Fsp3) is 0.571. The Hall–Kier alpha value is -0.490. The first-order valence-corrected chi connectivity index (χ1v) is 6.43. The molecule has 0 saturated carbocycles. The monoisotopic (exact) mass is 220 g/mol. The van der Waals surface area contributed by atoms with Crippen LogP contribution >= 0.6 is 11.8 Å². The minimum atomic E-state index is -3.29. The molecule has 0 bridgehead atoms. The van der Waals surface area contributed by atoms with Crippen LogP contribution in [-0.4, -0.2) is 24.5 Å². The summed E-state index contributed by atoms with van der Waals surface area (Å²) >= 11 is 1.53. The van der Waals surface area contributed by atoms with Crippen molar-refractivity contribution in [3.63, 3.8) is 0 Å². The van der Waals surface area contributed by atoms with E-state index in [2.05, 4.69) is 4.99 Å². The number of hydrogen-bond donors (Lipinski definition) is 1. The van der Waals surface area contributed by atoms with Crippen molar-refractivity contribution in [2.45, 2.75) is 19.1 Å². The van der Waals surface area contributed by atoms with Gasteiger partial charge in [0.15, 0.2) is 0 Å². The first-order chi connectivity index (χ1) is 5.92. The SMILES string of the molecule is CC(C)SCC1=NC(N)=CS1(=O)=O. The normalized spacial score (nSPS) is 20.2. The zero-order valence-corrected chi connectivity index (χ0v) is 9.15. The van der Waals surface area contributed by atoms with Crippen molar-refractivity contribution in [1.82, 2.24) is 0 Å². The molecule has 0 aromatic rings. The third-order valence-corrected chi connectivity index (χ3v) is 4.13. The zero-order chi connectivity index (χ0) is 10.1. The predicted molar refractivity (Wildman–Crippen MR) is 56.2 cm³/mol. The van der Waals surface area contributed by atoms with E-state index in [4.69, 9.17) is 5.73 Å². The maximum atomic E-state index is 11.3. The van der Waals surface area contributed by atoms with E-state index in [1.54, 1.807) is 0 Å². The number of nitrogens with two attached hydrogens (primary N) is 1. The number of thioether (sulfide) groups is 1. The summed E-state index contributed by atoms with van der Waals surface area (Å²) in [5, 5.41) is 1.56. The van der Waals surface area contributed by atoms with Crippen LogP contribution in [-0.2, 0) is 9.84 Å². The Morgan fingerprint density at radius 2 is 2.23 bits per heavy atom. The number of aliphatic imine (C=N–C) groups is 1. The second kappa shape index (κ2) is 3.71. The average molecular weight is 220 g/mol. The van der Waals surface area contributed by atoms with Gasteiger partial charge in [0.05, 0.1) is 5.41 Å². The standard InChI is InChI=1S/C7H12N2O2S2/c1-5(2)12-3-7-9-6(8)4-13(7,10)11/h4-5H,3,8H2,1-2H3. The van der Waals surface area contributed by atoms with Gasteiger partial charge in [-0.2, -0.15) is 11.8 Å². The molecule has 1 rings (SSSR count). The molecule has 1 heterocycles. The maximum Gasteiger partial charge on any atom is 0.217 e. The summed E-state index contributed by atoms with van der Waals surface area (Å²) in [5.74, 6) is 0.483. The van der Waals surface area contributed by atoms with Gasteiger partial charge >= 0.3 is 0 Å². The van der Waals surface area contributed by atoms with Gasteiger partial charge in [0.2, 0.25) is 9.84 Å². The predicted octanol–water partition coefficient (Wildman–Crippen LogP) is 0.713. The molecular formula is C7H12N2O2S2. The second-order valence-corrected chi connectivity index (χ2v) is 6.31. The van der Waals surface area contributed by atoms with Crippen LogP contribution in [0, 0.1) is 0 Å². The number of hydrogen-bond acceptors (Lipinski definition) is 5. The molecule has 1 aliphatic heterocycles. The number of rotatable bonds is 3. The molecule has 74 valence electrons. The Balaban J connectivity index is 2.70. The van der Waals surface area contributed by atoms with E-state index in [0.29, 0.717) is 11.0 Å². The molecule has 0 amide bonds. The molecule has 1 aliphatic rings. The van der Waals surface area contributed by atoms with Crippen LogP contribution in [0.5, 0.6) is 0 Å². The highest BCUT2D eigenvalue weighted by Crippen LogP contribution is 2.17. The van der Waals surface area contributed by atoms with Crippen LogP contribution in [0.4, 0.5) is 0 Å². The Labute approximate surface area is 82.2 Å². The molecule has 2 N–H and O–H groups in total. The zero-order valence-electron chi connectivity index (χ0n) is 7.52. The van der Waals surface area contributed by atoms with Gasteiger partial charge in [0.25, 0.3) is 0 Å². The van der Waals surface area contributed by atoms with Gasteiger partial charge < -0.3 is 5.73 Å². The molecule has 13 heavy (non-hydrogen) atoms. The van der Waals surface area contributed by atoms with Crippen molar-refractivity contribution < 1.29 is 8.42 Å². The third kappa shape index (κ3) is 2.73. The van der Waals surface area contributed by atoms with Gasteiger partial charge in [0, 0.05) is 5.75 Å². The Kier molecular flexibility index (Phi) is 3.02. The lowest BCUT2D eigenvalue weighted by atomic mass is 10.6. The highest BCUT2D eigenvalue weighted by Gasteiger charge is 2.23. The van der Waals surface area contributed by atoms with Crippen molar-refractivity contribution in [3.8, 4) is 0 Å². The minimum Gasteiger partial charge on any atom is -0.383 e. The lowest BCUT2D eigenvalue weighted by Crippen LogP contribution is -2.12. The van der Waals surface area contributed by atoms with Crippen molar-refractivity contribution in [2.75, 3.05) is 5.75 Å². The summed E-state index contributed by atoms with van der Waals surface area (Å²) in [5.41, 5.74) is 5.29. The van der Waals surface area contributed by atoms with E-state index in [-0.39, 0.29) is 10.9 Å². The minimum absolute atomic E-state index is 0.0827. The van der Waals surface area contributed by atoms with Crippen LogP contribution in [0.15, 0.2) is 16.2 Å². The largest absolute Gasteiger partial charge is 0.383 e. The Bertz CT molecular complexity index is 355. The van der Waals surface area contributed by atoms with Crippen molar-refractivity contribution in [1.29, 1.82) is 0 Å². The molecule has 0 aromatic carbocycles. The highest BCUT2D eigenvalue weighted by atomic mass is 32.2. The van der Waals surface area contributed by atoms with E-state index in [9.17, 15) is 8.42 Å². The molecule has 0 aromatic heterocycles. The molecule has 4 nitrogen and oxygen atoms in total. The molecular weight excluding hydrogens is 208 g/mol. The third-order valence-electron chi connectivity index (χ3n) is 1.40. The molecule has 0 spiro atoms. The summed E-state index contributed by atoms with van der Waals surface area (Å²) in [4.78, 5) is 3.76. The fourth-order valence-electron chi connectivity index (χ4n) is 0.813. The van der Waals surface area contributed by atoms with Crippen LogP contribution in [0.25, 0.3) is 0 Å². The highest BCUT2D eigenvalue weighted by molar-refractivity contribution is 8.12. The smallest absolute Gasteiger partial charge is 0.217 e. The van der Waals surface area contributed by atoms with E-state index in [1.165, 1.54) is 11.8 Å². The second-order valence-electron chi connectivity index (χ2n) is 2.95. The van der Waals surface area contributed by atoms with Crippen LogP contribution in [0.1, 0.15) is 13.8 Å². The first kappa shape index (κ1) is 10.6. The molecule has 0 unspecified atom stereocenters. The topological polar surface area (TPSA) is 72.5 Å². The van der Waals surface area contributed by atoms with Crippen LogP contribution < -0.4 is 5.73 Å². The Morgan fingerprint density at radius 3 is 2.62 bits per heavy atom. The molecule has 6 heteroatoms. The number of nitrogens with zero attached hydrogens (tertiary/aromatic N) is 1. The van der Waals surface area contributed by atoms with Crippen molar-refractivity contribution in [3.05, 3.63) is 11.2 Å². The molecule has 0 saturated heterocycles. The average Bonchev–Trinajstić information content (AvgIpc) is 2.19. The first-order valence-electron chi connectivity index (χ1n) is 3.83. The van der Waals surface area contributed by atoms with Gasteiger partial charge in [-0.15, -0.1) is 0 Å². The number of sulfone groups is 1. The van der Waals surface area contributed by atoms with Crippen molar-refractivity contribution in [2.24, 2.45) is 10.7 Å². The molecule has 0 aliphatic carbocycles. The van der Waals surface area contributed by atoms with Gasteiger partial charge in [-0.1, -0.05) is 13.8 Å². The van der Waals surface area contributed by atoms with Crippen molar-refractivity contribution >= 4 is 26.6 Å². The summed E-state index contributed by atoms with van der Waals surface area (Å²) in [6.07, 6.45) is 0. The van der Waals surface area contributed by atoms with Gasteiger partial charge in [-0.25, -0.2) is 13.4 Å². The quantitative estimate of drug-likeness (QED) is 0.760. The van der Waals surface area contributed by atoms with Gasteiger partial charge in [-0.05, 0) is 5.25 Å². The van der Waals surface area contributed by atoms with E-state index in [0.717, 1.165) is 5.41 Å². The van der Waals surface area contributed by atoms with Crippen LogP contribution in [0.2, 0.25) is 0 Å².